The summed E-state index contributed by atoms with van der Waals surface area (Å²) in [7, 11) is -3.83. The highest BCUT2D eigenvalue weighted by molar-refractivity contribution is 7.91. The van der Waals surface area contributed by atoms with Crippen molar-refractivity contribution in [1.82, 2.24) is 5.32 Å². The first-order valence-electron chi connectivity index (χ1n) is 9.30. The highest BCUT2D eigenvalue weighted by Gasteiger charge is 2.42. The van der Waals surface area contributed by atoms with Gasteiger partial charge in [0.25, 0.3) is 5.91 Å². The number of carbonyl (C=O) groups excluding carboxylic acids is 2. The van der Waals surface area contributed by atoms with Crippen LogP contribution in [0.3, 0.4) is 0 Å². The molecule has 0 aromatic heterocycles. The lowest BCUT2D eigenvalue weighted by Gasteiger charge is -2.21. The van der Waals surface area contributed by atoms with Gasteiger partial charge in [0, 0.05) is 22.7 Å². The zero-order valence-corrected chi connectivity index (χ0v) is 15.5. The highest BCUT2D eigenvalue weighted by Crippen LogP contribution is 2.44. The lowest BCUT2D eigenvalue weighted by molar-refractivity contribution is 0.0924. The molecule has 0 spiro atoms. The van der Waals surface area contributed by atoms with Crippen LogP contribution >= 0.6 is 0 Å². The molecule has 2 aliphatic carbocycles. The van der Waals surface area contributed by atoms with Crippen molar-refractivity contribution < 1.29 is 18.0 Å². The second-order valence-electron chi connectivity index (χ2n) is 7.71. The van der Waals surface area contributed by atoms with Crippen LogP contribution in [0.4, 0.5) is 0 Å². The number of nitrogens with one attached hydrogen (secondary N) is 1. The van der Waals surface area contributed by atoms with Crippen LogP contribution in [0.2, 0.25) is 0 Å². The van der Waals surface area contributed by atoms with E-state index in [0.29, 0.717) is 11.8 Å². The van der Waals surface area contributed by atoms with E-state index in [2.05, 4.69) is 5.32 Å². The van der Waals surface area contributed by atoms with Gasteiger partial charge in [0.2, 0.25) is 9.84 Å². The van der Waals surface area contributed by atoms with E-state index in [4.69, 9.17) is 0 Å². The molecule has 27 heavy (non-hydrogen) atoms. The molecule has 6 heteroatoms. The molecular weight excluding hydrogens is 362 g/mol. The van der Waals surface area contributed by atoms with Crippen LogP contribution in [0.5, 0.6) is 0 Å². The normalized spacial score (nSPS) is 20.1. The van der Waals surface area contributed by atoms with Crippen molar-refractivity contribution in [2.24, 2.45) is 11.8 Å². The zero-order chi connectivity index (χ0) is 18.8. The molecule has 2 saturated carbocycles. The van der Waals surface area contributed by atoms with Crippen LogP contribution in [0, 0.1) is 11.8 Å². The Hall–Kier alpha value is -2.47. The number of ketones is 1. The van der Waals surface area contributed by atoms with E-state index < -0.39 is 9.84 Å². The van der Waals surface area contributed by atoms with Crippen LogP contribution in [-0.2, 0) is 9.84 Å². The smallest absolute Gasteiger partial charge is 0.251 e. The number of fused-ring (bicyclic) bond motifs is 2. The molecule has 0 saturated heterocycles. The van der Waals surface area contributed by atoms with Gasteiger partial charge >= 0.3 is 0 Å². The summed E-state index contributed by atoms with van der Waals surface area (Å²) in [5.74, 6) is 0.520. The summed E-state index contributed by atoms with van der Waals surface area (Å²) in [5.41, 5.74) is 0.603. The van der Waals surface area contributed by atoms with E-state index in [1.165, 1.54) is 24.3 Å². The fourth-order valence-corrected chi connectivity index (χ4v) is 5.67. The molecule has 5 nitrogen and oxygen atoms in total. The number of sulfone groups is 1. The Bertz CT molecular complexity index is 1070. The first kappa shape index (κ1) is 16.7. The van der Waals surface area contributed by atoms with Gasteiger partial charge in [0.1, 0.15) is 0 Å². The van der Waals surface area contributed by atoms with Crippen molar-refractivity contribution in [2.45, 2.75) is 41.5 Å². The lowest BCUT2D eigenvalue weighted by atomic mass is 10.0. The Balaban J connectivity index is 1.52. The molecule has 1 amide bonds. The first-order chi connectivity index (χ1) is 13.0. The molecule has 0 bridgehead atoms. The van der Waals surface area contributed by atoms with Crippen molar-refractivity contribution in [1.29, 1.82) is 0 Å². The molecule has 2 aromatic carbocycles. The number of carbonyl (C=O) groups is 2. The zero-order valence-electron chi connectivity index (χ0n) is 14.6. The van der Waals surface area contributed by atoms with E-state index in [9.17, 15) is 18.0 Å². The summed E-state index contributed by atoms with van der Waals surface area (Å²) in [6.45, 7) is 0. The van der Waals surface area contributed by atoms with E-state index >= 15 is 0 Å². The second-order valence-corrected chi connectivity index (χ2v) is 9.60. The standard InChI is InChI=1S/C21H19NO4S/c23-20-15-3-1-2-4-17(15)27(25,26)18-11-14(9-10-16(18)20)21(24)22-19(12-5-6-12)13-7-8-13/h1-4,9-13,19H,5-8H2,(H,22,24). The van der Waals surface area contributed by atoms with Crippen LogP contribution < -0.4 is 5.32 Å². The van der Waals surface area contributed by atoms with Gasteiger partial charge in [-0.3, -0.25) is 9.59 Å². The van der Waals surface area contributed by atoms with Gasteiger partial charge in [0.05, 0.1) is 9.79 Å². The second kappa shape index (κ2) is 5.76. The summed E-state index contributed by atoms with van der Waals surface area (Å²) in [4.78, 5) is 25.4. The highest BCUT2D eigenvalue weighted by atomic mass is 32.2. The lowest BCUT2D eigenvalue weighted by Crippen LogP contribution is -2.38. The molecule has 0 radical (unpaired) electrons. The Kier molecular flexibility index (Phi) is 3.56. The average Bonchev–Trinajstić information content (AvgIpc) is 3.57. The third-order valence-corrected chi connectivity index (χ3v) is 7.61. The minimum Gasteiger partial charge on any atom is -0.349 e. The van der Waals surface area contributed by atoms with Crippen LogP contribution in [-0.4, -0.2) is 26.2 Å². The number of hydrogen-bond acceptors (Lipinski definition) is 4. The van der Waals surface area contributed by atoms with Crippen molar-refractivity contribution in [2.75, 3.05) is 0 Å². The first-order valence-corrected chi connectivity index (χ1v) is 10.8. The molecule has 1 aliphatic heterocycles. The maximum Gasteiger partial charge on any atom is 0.251 e. The maximum absolute atomic E-state index is 13.0. The number of amides is 1. The Morgan fingerprint density at radius 1 is 0.926 bits per heavy atom. The summed E-state index contributed by atoms with van der Waals surface area (Å²) in [5, 5.41) is 3.10. The number of benzene rings is 2. The van der Waals surface area contributed by atoms with Gasteiger partial charge in [-0.2, -0.15) is 0 Å². The molecule has 138 valence electrons. The van der Waals surface area contributed by atoms with Gasteiger partial charge in [-0.1, -0.05) is 12.1 Å². The molecule has 5 rings (SSSR count). The van der Waals surface area contributed by atoms with Crippen LogP contribution in [0.1, 0.15) is 52.0 Å². The third-order valence-electron chi connectivity index (χ3n) is 5.76. The Morgan fingerprint density at radius 3 is 2.22 bits per heavy atom. The monoisotopic (exact) mass is 381 g/mol. The molecule has 1 N–H and O–H groups in total. The summed E-state index contributed by atoms with van der Waals surface area (Å²) in [6, 6.07) is 10.8. The minimum absolute atomic E-state index is 0.00824. The predicted molar refractivity (Wildman–Crippen MR) is 98.5 cm³/mol. The summed E-state index contributed by atoms with van der Waals surface area (Å²) >= 11 is 0. The van der Waals surface area contributed by atoms with Gasteiger partial charge in [-0.15, -0.1) is 0 Å². The van der Waals surface area contributed by atoms with Crippen molar-refractivity contribution in [3.8, 4) is 0 Å². The molecule has 2 fully saturated rings. The van der Waals surface area contributed by atoms with E-state index in [0.717, 1.165) is 25.7 Å². The quantitative estimate of drug-likeness (QED) is 0.753. The Morgan fingerprint density at radius 2 is 1.56 bits per heavy atom. The van der Waals surface area contributed by atoms with E-state index in [-0.39, 0.29) is 44.2 Å². The molecule has 2 aromatic rings. The fraction of sp³-hybridized carbons (Fsp3) is 0.333. The van der Waals surface area contributed by atoms with E-state index in [1.54, 1.807) is 18.2 Å². The minimum atomic E-state index is -3.83. The number of rotatable bonds is 4. The Labute approximate surface area is 157 Å². The number of hydrogen-bond donors (Lipinski definition) is 1. The van der Waals surface area contributed by atoms with Gasteiger partial charge in [-0.25, -0.2) is 8.42 Å². The largest absolute Gasteiger partial charge is 0.349 e. The molecule has 1 heterocycles. The van der Waals surface area contributed by atoms with Crippen molar-refractivity contribution >= 4 is 21.5 Å². The van der Waals surface area contributed by atoms with Gasteiger partial charge in [-0.05, 0) is 67.9 Å². The van der Waals surface area contributed by atoms with Crippen molar-refractivity contribution in [3.63, 3.8) is 0 Å². The van der Waals surface area contributed by atoms with Gasteiger partial charge in [0.15, 0.2) is 5.78 Å². The SMILES string of the molecule is O=C(NC(C1CC1)C1CC1)c1ccc2c(c1)S(=O)(=O)c1ccccc1C2=O. The predicted octanol–water partition coefficient (Wildman–Crippen LogP) is 2.98. The summed E-state index contributed by atoms with van der Waals surface area (Å²) in [6.07, 6.45) is 4.58. The topological polar surface area (TPSA) is 80.3 Å². The maximum atomic E-state index is 13.0. The van der Waals surface area contributed by atoms with E-state index in [1.807, 2.05) is 0 Å². The summed E-state index contributed by atoms with van der Waals surface area (Å²) < 4.78 is 26.0. The van der Waals surface area contributed by atoms with Crippen LogP contribution in [0.15, 0.2) is 52.3 Å². The third kappa shape index (κ3) is 2.70. The fourth-order valence-electron chi connectivity index (χ4n) is 3.99. The van der Waals surface area contributed by atoms with Crippen molar-refractivity contribution in [3.05, 3.63) is 59.2 Å². The molecule has 0 unspecified atom stereocenters. The van der Waals surface area contributed by atoms with Crippen LogP contribution in [0.25, 0.3) is 0 Å². The molecule has 0 atom stereocenters. The van der Waals surface area contributed by atoms with Gasteiger partial charge < -0.3 is 5.32 Å². The average molecular weight is 381 g/mol. The molecule has 3 aliphatic rings. The molecular formula is C21H19NO4S.